The van der Waals surface area contributed by atoms with Gasteiger partial charge in [-0.25, -0.2) is 0 Å². The van der Waals surface area contributed by atoms with Crippen LogP contribution in [0.1, 0.15) is 39.2 Å². The fourth-order valence-electron chi connectivity index (χ4n) is 1.94. The van der Waals surface area contributed by atoms with E-state index in [-0.39, 0.29) is 30.5 Å². The summed E-state index contributed by atoms with van der Waals surface area (Å²) in [7, 11) is 0. The Bertz CT molecular complexity index is 407. The molecule has 0 saturated carbocycles. The normalized spacial score (nSPS) is 11.7. The molecule has 0 heterocycles. The van der Waals surface area contributed by atoms with Crippen molar-refractivity contribution in [2.24, 2.45) is 5.73 Å². The average Bonchev–Trinajstić information content (AvgIpc) is 2.37. The van der Waals surface area contributed by atoms with Crippen LogP contribution >= 0.6 is 12.4 Å². The van der Waals surface area contributed by atoms with Crippen molar-refractivity contribution in [2.75, 3.05) is 6.54 Å². The monoisotopic (exact) mass is 314 g/mol. The van der Waals surface area contributed by atoms with Gasteiger partial charge in [-0.2, -0.15) is 0 Å². The molecule has 1 rings (SSSR count). The number of aryl methyl sites for hydroxylation is 1. The van der Waals surface area contributed by atoms with Gasteiger partial charge in [0.25, 0.3) is 0 Å². The average molecular weight is 315 g/mol. The lowest BCUT2D eigenvalue weighted by Gasteiger charge is -2.14. The zero-order chi connectivity index (χ0) is 15.0. The minimum absolute atomic E-state index is 0. The van der Waals surface area contributed by atoms with Crippen molar-refractivity contribution in [2.45, 2.75) is 52.2 Å². The number of hydrogen-bond donors (Lipinski definition) is 2. The van der Waals surface area contributed by atoms with Gasteiger partial charge in [0, 0.05) is 19.0 Å². The van der Waals surface area contributed by atoms with Crippen LogP contribution in [-0.4, -0.2) is 24.6 Å². The lowest BCUT2D eigenvalue weighted by atomic mass is 10.1. The van der Waals surface area contributed by atoms with Crippen LogP contribution in [0.2, 0.25) is 0 Å². The van der Waals surface area contributed by atoms with E-state index in [1.807, 2.05) is 32.9 Å². The number of rotatable bonds is 8. The number of hydrogen-bond acceptors (Lipinski definition) is 3. The summed E-state index contributed by atoms with van der Waals surface area (Å²) in [5.41, 5.74) is 6.60. The Kier molecular flexibility index (Phi) is 9.84. The maximum absolute atomic E-state index is 11.4. The van der Waals surface area contributed by atoms with Gasteiger partial charge in [-0.3, -0.25) is 4.79 Å². The number of halogens is 1. The quantitative estimate of drug-likeness (QED) is 0.775. The third-order valence-electron chi connectivity index (χ3n) is 2.94. The predicted molar refractivity (Wildman–Crippen MR) is 89.1 cm³/mol. The Morgan fingerprint density at radius 1 is 1.24 bits per heavy atom. The largest absolute Gasteiger partial charge is 0.491 e. The second-order valence-electron chi connectivity index (χ2n) is 5.36. The zero-order valence-electron chi connectivity index (χ0n) is 13.1. The van der Waals surface area contributed by atoms with Crippen LogP contribution in [0.4, 0.5) is 0 Å². The molecule has 0 aliphatic rings. The van der Waals surface area contributed by atoms with Gasteiger partial charge in [0.2, 0.25) is 5.91 Å². The highest BCUT2D eigenvalue weighted by Gasteiger charge is 2.07. The second-order valence-corrected chi connectivity index (χ2v) is 5.36. The molecule has 1 aromatic carbocycles. The summed E-state index contributed by atoms with van der Waals surface area (Å²) >= 11 is 0. The van der Waals surface area contributed by atoms with Crippen LogP contribution in [0.3, 0.4) is 0 Å². The van der Waals surface area contributed by atoms with E-state index >= 15 is 0 Å². The van der Waals surface area contributed by atoms with Crippen molar-refractivity contribution >= 4 is 18.3 Å². The lowest BCUT2D eigenvalue weighted by molar-refractivity contribution is -0.121. The van der Waals surface area contributed by atoms with Crippen LogP contribution < -0.4 is 15.8 Å². The molecule has 1 atom stereocenters. The molecule has 21 heavy (non-hydrogen) atoms. The zero-order valence-corrected chi connectivity index (χ0v) is 13.9. The van der Waals surface area contributed by atoms with E-state index in [1.54, 1.807) is 0 Å². The summed E-state index contributed by atoms with van der Waals surface area (Å²) in [6, 6.07) is 8.30. The van der Waals surface area contributed by atoms with Gasteiger partial charge in [-0.1, -0.05) is 12.1 Å². The fraction of sp³-hybridized carbons (Fsp3) is 0.562. The van der Waals surface area contributed by atoms with Gasteiger partial charge < -0.3 is 15.8 Å². The molecule has 4 nitrogen and oxygen atoms in total. The van der Waals surface area contributed by atoms with Crippen molar-refractivity contribution in [3.8, 4) is 5.75 Å². The van der Waals surface area contributed by atoms with Gasteiger partial charge in [-0.05, 0) is 51.3 Å². The molecule has 0 radical (unpaired) electrons. The van der Waals surface area contributed by atoms with E-state index in [0.29, 0.717) is 13.0 Å². The number of nitrogens with one attached hydrogen (secondary N) is 1. The summed E-state index contributed by atoms with van der Waals surface area (Å²) in [5.74, 6) is 0.925. The third kappa shape index (κ3) is 8.58. The molecule has 0 saturated heterocycles. The molecule has 0 aliphatic heterocycles. The van der Waals surface area contributed by atoms with Gasteiger partial charge in [0.1, 0.15) is 5.75 Å². The van der Waals surface area contributed by atoms with Gasteiger partial charge in [0.15, 0.2) is 0 Å². The van der Waals surface area contributed by atoms with E-state index in [4.69, 9.17) is 10.5 Å². The molecular weight excluding hydrogens is 288 g/mol. The van der Waals surface area contributed by atoms with Crippen LogP contribution in [0.15, 0.2) is 24.3 Å². The summed E-state index contributed by atoms with van der Waals surface area (Å²) in [6.45, 7) is 6.44. The molecule has 0 fully saturated rings. The standard InChI is InChI=1S/C16H26N2O2.ClH/c1-12(2)20-15-8-6-14(7-9-15)5-4-13(3)18-16(19)10-11-17;/h6-9,12-13H,4-5,10-11,17H2,1-3H3,(H,18,19);1H. The summed E-state index contributed by atoms with van der Waals surface area (Å²) in [5, 5.41) is 2.94. The molecule has 120 valence electrons. The first-order chi connectivity index (χ1) is 9.51. The van der Waals surface area contributed by atoms with E-state index in [1.165, 1.54) is 5.56 Å². The Morgan fingerprint density at radius 2 is 1.86 bits per heavy atom. The van der Waals surface area contributed by atoms with Crippen LogP contribution in [-0.2, 0) is 11.2 Å². The second kappa shape index (κ2) is 10.5. The summed E-state index contributed by atoms with van der Waals surface area (Å²) in [6.07, 6.45) is 2.44. The molecule has 1 aromatic rings. The predicted octanol–water partition coefficient (Wildman–Crippen LogP) is 2.68. The maximum atomic E-state index is 11.4. The summed E-state index contributed by atoms with van der Waals surface area (Å²) < 4.78 is 5.61. The first-order valence-corrected chi connectivity index (χ1v) is 7.26. The number of amides is 1. The van der Waals surface area contributed by atoms with Crippen molar-refractivity contribution in [1.29, 1.82) is 0 Å². The van der Waals surface area contributed by atoms with Gasteiger partial charge in [-0.15, -0.1) is 12.4 Å². The number of carbonyl (C=O) groups excluding carboxylic acids is 1. The highest BCUT2D eigenvalue weighted by atomic mass is 35.5. The van der Waals surface area contributed by atoms with E-state index in [0.717, 1.165) is 18.6 Å². The highest BCUT2D eigenvalue weighted by molar-refractivity contribution is 5.85. The first-order valence-electron chi connectivity index (χ1n) is 7.26. The van der Waals surface area contributed by atoms with Gasteiger partial charge >= 0.3 is 0 Å². The number of carbonyl (C=O) groups is 1. The summed E-state index contributed by atoms with van der Waals surface area (Å²) in [4.78, 5) is 11.4. The Balaban J connectivity index is 0.00000400. The van der Waals surface area contributed by atoms with Crippen LogP contribution in [0, 0.1) is 0 Å². The third-order valence-corrected chi connectivity index (χ3v) is 2.94. The molecule has 0 bridgehead atoms. The Hall–Kier alpha value is -1.26. The van der Waals surface area contributed by atoms with Crippen molar-refractivity contribution in [1.82, 2.24) is 5.32 Å². The maximum Gasteiger partial charge on any atom is 0.221 e. The molecule has 5 heteroatoms. The van der Waals surface area contributed by atoms with E-state index < -0.39 is 0 Å². The molecule has 1 amide bonds. The van der Waals surface area contributed by atoms with Crippen molar-refractivity contribution < 1.29 is 9.53 Å². The van der Waals surface area contributed by atoms with Crippen LogP contribution in [0.5, 0.6) is 5.75 Å². The van der Waals surface area contributed by atoms with Crippen molar-refractivity contribution in [3.05, 3.63) is 29.8 Å². The molecular formula is C16H27ClN2O2. The molecule has 0 aromatic heterocycles. The minimum atomic E-state index is 0. The molecule has 0 aliphatic carbocycles. The lowest BCUT2D eigenvalue weighted by Crippen LogP contribution is -2.33. The Morgan fingerprint density at radius 3 is 2.38 bits per heavy atom. The molecule has 0 spiro atoms. The fourth-order valence-corrected chi connectivity index (χ4v) is 1.94. The first kappa shape index (κ1) is 19.7. The highest BCUT2D eigenvalue weighted by Crippen LogP contribution is 2.15. The van der Waals surface area contributed by atoms with Gasteiger partial charge in [0.05, 0.1) is 6.10 Å². The topological polar surface area (TPSA) is 64.3 Å². The Labute approximate surface area is 133 Å². The van der Waals surface area contributed by atoms with E-state index in [9.17, 15) is 4.79 Å². The molecule has 3 N–H and O–H groups in total. The van der Waals surface area contributed by atoms with Crippen LogP contribution in [0.25, 0.3) is 0 Å². The SMILES string of the molecule is CC(CCc1ccc(OC(C)C)cc1)NC(=O)CCN.Cl. The smallest absolute Gasteiger partial charge is 0.221 e. The van der Waals surface area contributed by atoms with E-state index in [2.05, 4.69) is 17.4 Å². The molecule has 1 unspecified atom stereocenters. The van der Waals surface area contributed by atoms with Crippen molar-refractivity contribution in [3.63, 3.8) is 0 Å². The number of benzene rings is 1. The number of nitrogens with two attached hydrogens (primary N) is 1. The number of ether oxygens (including phenoxy) is 1. The minimum Gasteiger partial charge on any atom is -0.491 e.